The lowest BCUT2D eigenvalue weighted by atomic mass is 10.0. The number of para-hydroxylation sites is 2. The number of aromatic nitrogens is 1. The standard InChI is InChI=1S/C24H19FN2O3/c1-30-24(29)21(14-15-8-2-5-11-18(15)25)27-23(28)22-16-9-3-6-12-19(16)26-20-13-7-4-10-17(20)22/h2-13,21H,14H2,1H3,(H,27,28)/t21-/m0/s1. The van der Waals surface area contributed by atoms with Gasteiger partial charge in [-0.3, -0.25) is 4.79 Å². The Balaban J connectivity index is 1.76. The number of hydrogen-bond acceptors (Lipinski definition) is 4. The number of nitrogens with one attached hydrogen (secondary N) is 1. The van der Waals surface area contributed by atoms with Crippen LogP contribution in [0.3, 0.4) is 0 Å². The van der Waals surface area contributed by atoms with E-state index in [2.05, 4.69) is 10.3 Å². The number of carbonyl (C=O) groups excluding carboxylic acids is 2. The lowest BCUT2D eigenvalue weighted by Gasteiger charge is -2.18. The highest BCUT2D eigenvalue weighted by Gasteiger charge is 2.25. The summed E-state index contributed by atoms with van der Waals surface area (Å²) < 4.78 is 19.0. The fourth-order valence-corrected chi connectivity index (χ4v) is 3.53. The van der Waals surface area contributed by atoms with E-state index in [-0.39, 0.29) is 6.42 Å². The van der Waals surface area contributed by atoms with Crippen LogP contribution in [0.4, 0.5) is 4.39 Å². The van der Waals surface area contributed by atoms with E-state index in [1.165, 1.54) is 13.2 Å². The summed E-state index contributed by atoms with van der Waals surface area (Å²) >= 11 is 0. The van der Waals surface area contributed by atoms with Crippen molar-refractivity contribution < 1.29 is 18.7 Å². The van der Waals surface area contributed by atoms with E-state index in [4.69, 9.17) is 4.74 Å². The Morgan fingerprint density at radius 2 is 1.50 bits per heavy atom. The van der Waals surface area contributed by atoms with Gasteiger partial charge in [0.15, 0.2) is 0 Å². The minimum absolute atomic E-state index is 0.0218. The average Bonchev–Trinajstić information content (AvgIpc) is 2.77. The van der Waals surface area contributed by atoms with Gasteiger partial charge in [0.25, 0.3) is 5.91 Å². The zero-order chi connectivity index (χ0) is 21.1. The SMILES string of the molecule is COC(=O)[C@H](Cc1ccccc1F)NC(=O)c1c2ccccc2nc2ccccc12. The molecular weight excluding hydrogens is 383 g/mol. The minimum atomic E-state index is -1.04. The number of benzene rings is 3. The Kier molecular flexibility index (Phi) is 5.39. The first kappa shape index (κ1) is 19.5. The summed E-state index contributed by atoms with van der Waals surface area (Å²) in [6.45, 7) is 0. The first-order valence-corrected chi connectivity index (χ1v) is 9.48. The van der Waals surface area contributed by atoms with Crippen molar-refractivity contribution in [2.75, 3.05) is 7.11 Å². The van der Waals surface area contributed by atoms with Gasteiger partial charge in [0.05, 0.1) is 23.7 Å². The molecular formula is C24H19FN2O3. The first-order chi connectivity index (χ1) is 14.6. The van der Waals surface area contributed by atoms with Crippen molar-refractivity contribution in [3.05, 3.63) is 89.7 Å². The molecule has 0 bridgehead atoms. The molecule has 0 aliphatic rings. The van der Waals surface area contributed by atoms with E-state index >= 15 is 0 Å². The predicted octanol–water partition coefficient (Wildman–Crippen LogP) is 4.04. The molecule has 1 N–H and O–H groups in total. The van der Waals surface area contributed by atoms with Crippen LogP contribution in [-0.2, 0) is 16.0 Å². The van der Waals surface area contributed by atoms with E-state index in [1.807, 2.05) is 48.5 Å². The number of fused-ring (bicyclic) bond motifs is 2. The molecule has 1 aromatic heterocycles. The van der Waals surface area contributed by atoms with Crippen molar-refractivity contribution >= 4 is 33.7 Å². The molecule has 4 rings (SSSR count). The molecule has 0 saturated heterocycles. The fourth-order valence-electron chi connectivity index (χ4n) is 3.53. The summed E-state index contributed by atoms with van der Waals surface area (Å²) in [5, 5.41) is 4.08. The number of hydrogen-bond donors (Lipinski definition) is 1. The van der Waals surface area contributed by atoms with Gasteiger partial charge in [-0.1, -0.05) is 54.6 Å². The van der Waals surface area contributed by atoms with E-state index in [0.29, 0.717) is 32.9 Å². The van der Waals surface area contributed by atoms with E-state index in [0.717, 1.165) is 0 Å². The normalized spacial score (nSPS) is 11.9. The number of nitrogens with zero attached hydrogens (tertiary/aromatic N) is 1. The molecule has 1 amide bonds. The third-order valence-electron chi connectivity index (χ3n) is 4.99. The zero-order valence-electron chi connectivity index (χ0n) is 16.3. The Hall–Kier alpha value is -3.80. The number of amides is 1. The molecule has 30 heavy (non-hydrogen) atoms. The maximum Gasteiger partial charge on any atom is 0.328 e. The van der Waals surface area contributed by atoms with Crippen molar-refractivity contribution in [3.63, 3.8) is 0 Å². The lowest BCUT2D eigenvalue weighted by molar-refractivity contribution is -0.142. The summed E-state index contributed by atoms with van der Waals surface area (Å²) in [6.07, 6.45) is -0.0218. The molecule has 150 valence electrons. The van der Waals surface area contributed by atoms with Crippen LogP contribution in [0.2, 0.25) is 0 Å². The maximum absolute atomic E-state index is 14.1. The topological polar surface area (TPSA) is 68.3 Å². The zero-order valence-corrected chi connectivity index (χ0v) is 16.3. The smallest absolute Gasteiger partial charge is 0.328 e. The van der Waals surface area contributed by atoms with E-state index in [1.54, 1.807) is 18.2 Å². The third kappa shape index (κ3) is 3.72. The van der Waals surface area contributed by atoms with Crippen LogP contribution < -0.4 is 5.32 Å². The molecule has 0 radical (unpaired) electrons. The Morgan fingerprint density at radius 1 is 0.933 bits per heavy atom. The molecule has 0 spiro atoms. The van der Waals surface area contributed by atoms with Crippen LogP contribution in [0.15, 0.2) is 72.8 Å². The molecule has 0 saturated carbocycles. The second-order valence-corrected chi connectivity index (χ2v) is 6.87. The molecule has 1 atom stereocenters. The van der Waals surface area contributed by atoms with Crippen LogP contribution in [0.1, 0.15) is 15.9 Å². The van der Waals surface area contributed by atoms with Crippen LogP contribution in [-0.4, -0.2) is 30.0 Å². The fraction of sp³-hybridized carbons (Fsp3) is 0.125. The molecule has 0 aliphatic heterocycles. The molecule has 5 nitrogen and oxygen atoms in total. The van der Waals surface area contributed by atoms with Gasteiger partial charge in [0.2, 0.25) is 0 Å². The van der Waals surface area contributed by atoms with Gasteiger partial charge in [-0.2, -0.15) is 0 Å². The highest BCUT2D eigenvalue weighted by Crippen LogP contribution is 2.26. The summed E-state index contributed by atoms with van der Waals surface area (Å²) in [5.74, 6) is -1.54. The predicted molar refractivity (Wildman–Crippen MR) is 113 cm³/mol. The second kappa shape index (κ2) is 8.29. The van der Waals surface area contributed by atoms with E-state index in [9.17, 15) is 14.0 Å². The molecule has 0 fully saturated rings. The summed E-state index contributed by atoms with van der Waals surface area (Å²) in [5.41, 5.74) is 2.08. The number of esters is 1. The quantitative estimate of drug-likeness (QED) is 0.404. The van der Waals surface area contributed by atoms with Gasteiger partial charge in [-0.25, -0.2) is 14.2 Å². The Bertz CT molecular complexity index is 1200. The second-order valence-electron chi connectivity index (χ2n) is 6.87. The highest BCUT2D eigenvalue weighted by molar-refractivity contribution is 6.16. The molecule has 3 aromatic carbocycles. The molecule has 4 aromatic rings. The summed E-state index contributed by atoms with van der Waals surface area (Å²) in [7, 11) is 1.24. The molecule has 6 heteroatoms. The molecule has 0 aliphatic carbocycles. The van der Waals surface area contributed by atoms with Crippen LogP contribution in [0.5, 0.6) is 0 Å². The van der Waals surface area contributed by atoms with Crippen LogP contribution in [0.25, 0.3) is 21.8 Å². The minimum Gasteiger partial charge on any atom is -0.467 e. The Morgan fingerprint density at radius 3 is 2.10 bits per heavy atom. The monoisotopic (exact) mass is 402 g/mol. The van der Waals surface area contributed by atoms with Crippen molar-refractivity contribution in [1.82, 2.24) is 10.3 Å². The number of carbonyl (C=O) groups is 2. The highest BCUT2D eigenvalue weighted by atomic mass is 19.1. The maximum atomic E-state index is 14.1. The van der Waals surface area contributed by atoms with Crippen molar-refractivity contribution in [2.45, 2.75) is 12.5 Å². The van der Waals surface area contributed by atoms with Gasteiger partial charge in [-0.15, -0.1) is 0 Å². The van der Waals surface area contributed by atoms with Gasteiger partial charge < -0.3 is 10.1 Å². The van der Waals surface area contributed by atoms with Crippen molar-refractivity contribution in [1.29, 1.82) is 0 Å². The van der Waals surface area contributed by atoms with Gasteiger partial charge in [0, 0.05) is 17.2 Å². The average molecular weight is 402 g/mol. The molecule has 1 heterocycles. The van der Waals surface area contributed by atoms with Gasteiger partial charge >= 0.3 is 5.97 Å². The first-order valence-electron chi connectivity index (χ1n) is 9.48. The van der Waals surface area contributed by atoms with Crippen molar-refractivity contribution in [2.24, 2.45) is 0 Å². The van der Waals surface area contributed by atoms with Crippen LogP contribution >= 0.6 is 0 Å². The van der Waals surface area contributed by atoms with Gasteiger partial charge in [-0.05, 0) is 23.8 Å². The van der Waals surface area contributed by atoms with E-state index < -0.39 is 23.7 Å². The number of pyridine rings is 1. The van der Waals surface area contributed by atoms with Crippen LogP contribution in [0, 0.1) is 5.82 Å². The summed E-state index contributed by atoms with van der Waals surface area (Å²) in [6, 6.07) is 19.7. The number of ether oxygens (including phenoxy) is 1. The third-order valence-corrected chi connectivity index (χ3v) is 4.99. The number of methoxy groups -OCH3 is 1. The van der Waals surface area contributed by atoms with Gasteiger partial charge in [0.1, 0.15) is 11.9 Å². The number of halogens is 1. The summed E-state index contributed by atoms with van der Waals surface area (Å²) in [4.78, 5) is 30.3. The number of rotatable bonds is 5. The lowest BCUT2D eigenvalue weighted by Crippen LogP contribution is -2.43. The Labute approximate surface area is 172 Å². The molecule has 0 unspecified atom stereocenters. The van der Waals surface area contributed by atoms with Crippen molar-refractivity contribution in [3.8, 4) is 0 Å². The largest absolute Gasteiger partial charge is 0.467 e.